The second-order valence-electron chi connectivity index (χ2n) is 3.03. The van der Waals surface area contributed by atoms with Gasteiger partial charge in [0.15, 0.2) is 0 Å². The second-order valence-corrected chi connectivity index (χ2v) is 10.9. The Labute approximate surface area is 123 Å². The average molecular weight is 470 g/mol. The Morgan fingerprint density at radius 1 is 0.625 bits per heavy atom. The number of benzene rings is 2. The first-order chi connectivity index (χ1) is 7.77. The third-order valence-electron chi connectivity index (χ3n) is 1.89. The molecule has 0 fully saturated rings. The number of halogens is 2. The van der Waals surface area contributed by atoms with Crippen LogP contribution in [0.15, 0.2) is 57.5 Å². The van der Waals surface area contributed by atoms with Crippen LogP contribution in [0.1, 0.15) is 0 Å². The van der Waals surface area contributed by atoms with Crippen molar-refractivity contribution in [1.29, 1.82) is 0 Å². The summed E-state index contributed by atoms with van der Waals surface area (Å²) in [6.45, 7) is 0. The topological polar surface area (TPSA) is 0 Å². The van der Waals surface area contributed by atoms with Gasteiger partial charge in [-0.1, -0.05) is 0 Å². The maximum atomic E-state index is 3.60. The van der Waals surface area contributed by atoms with E-state index >= 15 is 0 Å². The molecule has 2 aromatic rings. The zero-order valence-electron chi connectivity index (χ0n) is 8.19. The van der Waals surface area contributed by atoms with Gasteiger partial charge in [-0.15, -0.1) is 0 Å². The summed E-state index contributed by atoms with van der Waals surface area (Å²) in [6, 6.07) is 17.0. The first-order valence-corrected chi connectivity index (χ1v) is 12.2. The minimum atomic E-state index is 0.539. The van der Waals surface area contributed by atoms with Crippen molar-refractivity contribution in [3.8, 4) is 0 Å². The molecule has 0 atom stereocenters. The van der Waals surface area contributed by atoms with Gasteiger partial charge in [0.1, 0.15) is 0 Å². The molecule has 0 N–H and O–H groups in total. The molecule has 0 bridgehead atoms. The van der Waals surface area contributed by atoms with E-state index in [2.05, 4.69) is 80.4 Å². The zero-order chi connectivity index (χ0) is 11.4. The van der Waals surface area contributed by atoms with Crippen LogP contribution in [0.3, 0.4) is 0 Å². The standard InChI is InChI=1S/C12H8Br2Se2/c13-9-5-1-3-7-11(9)15-16-12-8-4-2-6-10(12)14/h1-8H. The van der Waals surface area contributed by atoms with E-state index in [0.29, 0.717) is 26.3 Å². The van der Waals surface area contributed by atoms with Gasteiger partial charge < -0.3 is 0 Å². The Morgan fingerprint density at radius 2 is 1.00 bits per heavy atom. The summed E-state index contributed by atoms with van der Waals surface area (Å²) in [5.74, 6) is 0. The zero-order valence-corrected chi connectivity index (χ0v) is 14.8. The fourth-order valence-corrected chi connectivity index (χ4v) is 11.7. The van der Waals surface area contributed by atoms with Crippen molar-refractivity contribution in [2.24, 2.45) is 0 Å². The van der Waals surface area contributed by atoms with Crippen LogP contribution in [-0.4, -0.2) is 26.3 Å². The monoisotopic (exact) mass is 470 g/mol. The van der Waals surface area contributed by atoms with Crippen LogP contribution in [0.25, 0.3) is 0 Å². The van der Waals surface area contributed by atoms with Gasteiger partial charge in [-0.2, -0.15) is 0 Å². The van der Waals surface area contributed by atoms with Gasteiger partial charge >= 0.3 is 125 Å². The summed E-state index contributed by atoms with van der Waals surface area (Å²) in [5.41, 5.74) is 0. The Bertz CT molecular complexity index is 440. The number of hydrogen-bond acceptors (Lipinski definition) is 0. The molecule has 0 nitrogen and oxygen atoms in total. The van der Waals surface area contributed by atoms with Crippen LogP contribution in [0.4, 0.5) is 0 Å². The van der Waals surface area contributed by atoms with Crippen molar-refractivity contribution in [3.63, 3.8) is 0 Å². The molecule has 0 spiro atoms. The Kier molecular flexibility index (Phi) is 5.15. The van der Waals surface area contributed by atoms with E-state index in [0.717, 1.165) is 0 Å². The van der Waals surface area contributed by atoms with Crippen LogP contribution >= 0.6 is 31.9 Å². The Hall–Kier alpha value is 0.439. The quantitative estimate of drug-likeness (QED) is 0.606. The molecule has 0 aliphatic rings. The first kappa shape index (κ1) is 12.9. The van der Waals surface area contributed by atoms with Crippen LogP contribution < -0.4 is 8.92 Å². The normalized spacial score (nSPS) is 10.4. The summed E-state index contributed by atoms with van der Waals surface area (Å²) in [4.78, 5) is 0. The van der Waals surface area contributed by atoms with E-state index in [1.165, 1.54) is 17.9 Å². The van der Waals surface area contributed by atoms with E-state index in [4.69, 9.17) is 0 Å². The maximum absolute atomic E-state index is 3.60. The van der Waals surface area contributed by atoms with Gasteiger partial charge in [-0.25, -0.2) is 0 Å². The molecule has 82 valence electrons. The van der Waals surface area contributed by atoms with Crippen molar-refractivity contribution in [3.05, 3.63) is 57.5 Å². The molecule has 0 saturated heterocycles. The molecular weight excluding hydrogens is 462 g/mol. The molecule has 0 aromatic heterocycles. The molecule has 4 heteroatoms. The fourth-order valence-electron chi connectivity index (χ4n) is 1.11. The average Bonchev–Trinajstić information content (AvgIpc) is 2.30. The van der Waals surface area contributed by atoms with E-state index < -0.39 is 0 Å². The van der Waals surface area contributed by atoms with Crippen molar-refractivity contribution in [2.75, 3.05) is 0 Å². The summed E-state index contributed by atoms with van der Waals surface area (Å²) in [7, 11) is 0. The summed E-state index contributed by atoms with van der Waals surface area (Å²) >= 11 is 8.28. The van der Waals surface area contributed by atoms with E-state index in [9.17, 15) is 0 Å². The summed E-state index contributed by atoms with van der Waals surface area (Å²) in [6.07, 6.45) is 0. The Balaban J connectivity index is 2.09. The van der Waals surface area contributed by atoms with Crippen molar-refractivity contribution in [2.45, 2.75) is 0 Å². The molecule has 0 aliphatic carbocycles. The predicted octanol–water partition coefficient (Wildman–Crippen LogP) is 2.49. The van der Waals surface area contributed by atoms with Gasteiger partial charge in [0.25, 0.3) is 0 Å². The van der Waals surface area contributed by atoms with Crippen LogP contribution in [0, 0.1) is 0 Å². The summed E-state index contributed by atoms with van der Waals surface area (Å²) in [5, 5.41) is 0. The third kappa shape index (κ3) is 3.46. The van der Waals surface area contributed by atoms with E-state index in [-0.39, 0.29) is 0 Å². The van der Waals surface area contributed by atoms with Crippen molar-refractivity contribution >= 4 is 67.0 Å². The molecule has 0 heterocycles. The molecule has 0 amide bonds. The van der Waals surface area contributed by atoms with Gasteiger partial charge in [0.05, 0.1) is 0 Å². The minimum absolute atomic E-state index is 0.539. The SMILES string of the molecule is Brc1ccccc1[Se][Se]c1ccccc1Br. The van der Waals surface area contributed by atoms with Gasteiger partial charge in [0.2, 0.25) is 0 Å². The molecule has 2 rings (SSSR count). The fraction of sp³-hybridized carbons (Fsp3) is 0. The molecule has 0 aliphatic heterocycles. The third-order valence-corrected chi connectivity index (χ3v) is 11.7. The molecule has 0 unspecified atom stereocenters. The number of rotatable bonds is 3. The molecular formula is C12H8Br2Se2. The van der Waals surface area contributed by atoms with E-state index in [1.54, 1.807) is 0 Å². The van der Waals surface area contributed by atoms with Crippen LogP contribution in [0.2, 0.25) is 0 Å². The molecule has 0 radical (unpaired) electrons. The first-order valence-electron chi connectivity index (χ1n) is 4.61. The molecule has 2 aromatic carbocycles. The number of hydrogen-bond donors (Lipinski definition) is 0. The Morgan fingerprint density at radius 3 is 1.38 bits per heavy atom. The predicted molar refractivity (Wildman–Crippen MR) is 79.1 cm³/mol. The van der Waals surface area contributed by atoms with Gasteiger partial charge in [-0.05, 0) is 0 Å². The van der Waals surface area contributed by atoms with Gasteiger partial charge in [-0.3, -0.25) is 0 Å². The molecule has 0 saturated carbocycles. The molecule has 16 heavy (non-hydrogen) atoms. The van der Waals surface area contributed by atoms with Crippen LogP contribution in [-0.2, 0) is 0 Å². The second kappa shape index (κ2) is 6.39. The van der Waals surface area contributed by atoms with Crippen LogP contribution in [0.5, 0.6) is 0 Å². The summed E-state index contributed by atoms with van der Waals surface area (Å²) < 4.78 is 5.38. The van der Waals surface area contributed by atoms with Crippen molar-refractivity contribution < 1.29 is 0 Å². The van der Waals surface area contributed by atoms with Crippen molar-refractivity contribution in [1.82, 2.24) is 0 Å². The van der Waals surface area contributed by atoms with E-state index in [1.807, 2.05) is 0 Å². The van der Waals surface area contributed by atoms with Gasteiger partial charge in [0, 0.05) is 0 Å².